The summed E-state index contributed by atoms with van der Waals surface area (Å²) in [5, 5.41) is 6.73. The quantitative estimate of drug-likeness (QED) is 0.694. The molecule has 2 aromatic heterocycles. The second kappa shape index (κ2) is 7.16. The van der Waals surface area contributed by atoms with Gasteiger partial charge in [0.15, 0.2) is 10.3 Å². The molecule has 3 rings (SSSR count). The number of aromatic nitrogens is 3. The summed E-state index contributed by atoms with van der Waals surface area (Å²) >= 11 is 8.69. The molecule has 0 spiro atoms. The molecule has 0 aliphatic rings. The molecule has 2 heterocycles. The molecule has 0 aliphatic carbocycles. The number of rotatable bonds is 5. The third-order valence-electron chi connectivity index (χ3n) is 2.91. The Morgan fingerprint density at radius 3 is 2.87 bits per heavy atom. The van der Waals surface area contributed by atoms with E-state index >= 15 is 0 Å². The zero-order valence-electron chi connectivity index (χ0n) is 12.2. The molecule has 0 aliphatic heterocycles. The van der Waals surface area contributed by atoms with Gasteiger partial charge in [-0.3, -0.25) is 9.36 Å². The van der Waals surface area contributed by atoms with Crippen LogP contribution in [0.3, 0.4) is 0 Å². The van der Waals surface area contributed by atoms with Crippen LogP contribution in [0.1, 0.15) is 5.69 Å². The highest BCUT2D eigenvalue weighted by molar-refractivity contribution is 7.99. The lowest BCUT2D eigenvalue weighted by atomic mass is 10.3. The highest BCUT2D eigenvalue weighted by atomic mass is 35.5. The lowest BCUT2D eigenvalue weighted by Crippen LogP contribution is -2.14. The summed E-state index contributed by atoms with van der Waals surface area (Å²) in [6, 6.07) is 7.46. The summed E-state index contributed by atoms with van der Waals surface area (Å²) in [7, 11) is 0. The first kappa shape index (κ1) is 16.0. The Bertz CT molecular complexity index is 813. The standard InChI is InChI=1S/C15H13ClN4OS2/c1-10-8-22-14(18-10)19-13(21)9-23-15-17-6-7-20(15)12-4-2-11(16)3-5-12/h2-8H,9H2,1H3,(H,18,19,21). The minimum Gasteiger partial charge on any atom is -0.301 e. The maximum absolute atomic E-state index is 12.0. The molecule has 118 valence electrons. The van der Waals surface area contributed by atoms with Crippen molar-refractivity contribution in [2.24, 2.45) is 0 Å². The van der Waals surface area contributed by atoms with E-state index in [0.717, 1.165) is 16.5 Å². The van der Waals surface area contributed by atoms with Crippen molar-refractivity contribution >= 4 is 45.7 Å². The molecule has 0 bridgehead atoms. The van der Waals surface area contributed by atoms with E-state index in [1.807, 2.05) is 47.3 Å². The third-order valence-corrected chi connectivity index (χ3v) is 5.00. The van der Waals surface area contributed by atoms with E-state index in [0.29, 0.717) is 10.2 Å². The molecule has 0 fully saturated rings. The number of carbonyl (C=O) groups excluding carboxylic acids is 1. The van der Waals surface area contributed by atoms with Crippen LogP contribution in [0.25, 0.3) is 5.69 Å². The molecule has 5 nitrogen and oxygen atoms in total. The summed E-state index contributed by atoms with van der Waals surface area (Å²) in [5.74, 6) is 0.165. The van der Waals surface area contributed by atoms with Crippen LogP contribution in [0, 0.1) is 6.92 Å². The molecular formula is C15H13ClN4OS2. The first-order chi connectivity index (χ1) is 11.1. The molecule has 0 radical (unpaired) electrons. The van der Waals surface area contributed by atoms with Gasteiger partial charge in [-0.15, -0.1) is 11.3 Å². The zero-order chi connectivity index (χ0) is 16.2. The lowest BCUT2D eigenvalue weighted by Gasteiger charge is -2.07. The summed E-state index contributed by atoms with van der Waals surface area (Å²) in [5.41, 5.74) is 1.85. The van der Waals surface area contributed by atoms with Crippen LogP contribution in [0.4, 0.5) is 5.13 Å². The van der Waals surface area contributed by atoms with E-state index in [9.17, 15) is 4.79 Å². The molecule has 23 heavy (non-hydrogen) atoms. The van der Waals surface area contributed by atoms with Gasteiger partial charge in [0.25, 0.3) is 0 Å². The number of imidazole rings is 1. The van der Waals surface area contributed by atoms with E-state index < -0.39 is 0 Å². The van der Waals surface area contributed by atoms with Gasteiger partial charge < -0.3 is 5.32 Å². The molecule has 8 heteroatoms. The monoisotopic (exact) mass is 364 g/mol. The van der Waals surface area contributed by atoms with Crippen molar-refractivity contribution < 1.29 is 4.79 Å². The Labute approximate surface area is 146 Å². The van der Waals surface area contributed by atoms with Crippen LogP contribution in [0.5, 0.6) is 0 Å². The fourth-order valence-electron chi connectivity index (χ4n) is 1.89. The van der Waals surface area contributed by atoms with Crippen LogP contribution < -0.4 is 5.32 Å². The highest BCUT2D eigenvalue weighted by Crippen LogP contribution is 2.22. The third kappa shape index (κ3) is 4.13. The van der Waals surface area contributed by atoms with Crippen molar-refractivity contribution in [2.45, 2.75) is 12.1 Å². The Balaban J connectivity index is 1.64. The van der Waals surface area contributed by atoms with Gasteiger partial charge in [0.05, 0.1) is 11.4 Å². The van der Waals surface area contributed by atoms with Gasteiger partial charge in [-0.25, -0.2) is 9.97 Å². The van der Waals surface area contributed by atoms with Gasteiger partial charge in [0, 0.05) is 28.5 Å². The molecule has 0 unspecified atom stereocenters. The fourth-order valence-corrected chi connectivity index (χ4v) is 3.50. The average Bonchev–Trinajstić information content (AvgIpc) is 3.15. The number of nitrogens with zero attached hydrogens (tertiary/aromatic N) is 3. The molecule has 3 aromatic rings. The van der Waals surface area contributed by atoms with Crippen molar-refractivity contribution in [3.63, 3.8) is 0 Å². The van der Waals surface area contributed by atoms with Crippen LogP contribution in [0.2, 0.25) is 5.02 Å². The van der Waals surface area contributed by atoms with E-state index in [-0.39, 0.29) is 11.7 Å². The maximum atomic E-state index is 12.0. The van der Waals surface area contributed by atoms with Crippen molar-refractivity contribution in [2.75, 3.05) is 11.1 Å². The van der Waals surface area contributed by atoms with Crippen molar-refractivity contribution in [3.8, 4) is 5.69 Å². The molecule has 0 saturated carbocycles. The van der Waals surface area contributed by atoms with Crippen LogP contribution >= 0.6 is 34.7 Å². The minimum atomic E-state index is -0.102. The van der Waals surface area contributed by atoms with Crippen LogP contribution in [-0.4, -0.2) is 26.2 Å². The molecule has 0 atom stereocenters. The van der Waals surface area contributed by atoms with Gasteiger partial charge in [0.2, 0.25) is 5.91 Å². The second-order valence-electron chi connectivity index (χ2n) is 4.69. The number of halogens is 1. The zero-order valence-corrected chi connectivity index (χ0v) is 14.6. The highest BCUT2D eigenvalue weighted by Gasteiger charge is 2.10. The lowest BCUT2D eigenvalue weighted by molar-refractivity contribution is -0.113. The summed E-state index contributed by atoms with van der Waals surface area (Å²) in [4.78, 5) is 20.5. The predicted molar refractivity (Wildman–Crippen MR) is 94.8 cm³/mol. The van der Waals surface area contributed by atoms with Gasteiger partial charge >= 0.3 is 0 Å². The Hall–Kier alpha value is -1.83. The molecular weight excluding hydrogens is 352 g/mol. The number of carbonyl (C=O) groups is 1. The number of hydrogen-bond acceptors (Lipinski definition) is 5. The Morgan fingerprint density at radius 1 is 1.39 bits per heavy atom. The van der Waals surface area contributed by atoms with E-state index in [2.05, 4.69) is 15.3 Å². The largest absolute Gasteiger partial charge is 0.301 e. The predicted octanol–water partition coefficient (Wildman–Crippen LogP) is 4.02. The smallest absolute Gasteiger partial charge is 0.236 e. The number of anilines is 1. The molecule has 1 aromatic carbocycles. The van der Waals surface area contributed by atoms with Gasteiger partial charge in [-0.05, 0) is 31.2 Å². The first-order valence-corrected chi connectivity index (χ1v) is 9.00. The van der Waals surface area contributed by atoms with Crippen molar-refractivity contribution in [1.82, 2.24) is 14.5 Å². The summed E-state index contributed by atoms with van der Waals surface area (Å²) < 4.78 is 1.92. The Kier molecular flexibility index (Phi) is 5.00. The number of thiazole rings is 1. The molecule has 1 amide bonds. The fraction of sp³-hybridized carbons (Fsp3) is 0.133. The number of nitrogens with one attached hydrogen (secondary N) is 1. The SMILES string of the molecule is Cc1csc(NC(=O)CSc2nccn2-c2ccc(Cl)cc2)n1. The van der Waals surface area contributed by atoms with Crippen LogP contribution in [-0.2, 0) is 4.79 Å². The van der Waals surface area contributed by atoms with Crippen molar-refractivity contribution in [1.29, 1.82) is 0 Å². The van der Waals surface area contributed by atoms with Crippen molar-refractivity contribution in [3.05, 3.63) is 52.8 Å². The first-order valence-electron chi connectivity index (χ1n) is 6.76. The average molecular weight is 365 g/mol. The number of hydrogen-bond donors (Lipinski definition) is 1. The van der Waals surface area contributed by atoms with Gasteiger partial charge in [0.1, 0.15) is 0 Å². The maximum Gasteiger partial charge on any atom is 0.236 e. The minimum absolute atomic E-state index is 0.102. The number of amides is 1. The van der Waals surface area contributed by atoms with E-state index in [4.69, 9.17) is 11.6 Å². The summed E-state index contributed by atoms with van der Waals surface area (Å²) in [6.07, 6.45) is 3.56. The normalized spacial score (nSPS) is 10.7. The Morgan fingerprint density at radius 2 is 2.17 bits per heavy atom. The van der Waals surface area contributed by atoms with E-state index in [1.165, 1.54) is 23.1 Å². The summed E-state index contributed by atoms with van der Waals surface area (Å²) in [6.45, 7) is 1.89. The van der Waals surface area contributed by atoms with Gasteiger partial charge in [-0.2, -0.15) is 0 Å². The number of aryl methyl sites for hydroxylation is 1. The molecule has 1 N–H and O–H groups in total. The topological polar surface area (TPSA) is 59.8 Å². The molecule has 0 saturated heterocycles. The second-order valence-corrected chi connectivity index (χ2v) is 6.92. The number of thioether (sulfide) groups is 1. The van der Waals surface area contributed by atoms with E-state index in [1.54, 1.807) is 6.20 Å². The number of benzene rings is 1. The van der Waals surface area contributed by atoms with Gasteiger partial charge in [-0.1, -0.05) is 23.4 Å². The van der Waals surface area contributed by atoms with Crippen LogP contribution in [0.15, 0.2) is 47.2 Å².